The Balaban J connectivity index is 4.49. The van der Waals surface area contributed by atoms with E-state index in [1.54, 1.807) is 0 Å². The zero-order valence-corrected chi connectivity index (χ0v) is 47.0. The highest BCUT2D eigenvalue weighted by atomic mass is 16.5. The minimum absolute atomic E-state index is 0.0828. The van der Waals surface area contributed by atoms with Crippen molar-refractivity contribution in [2.24, 2.45) is 0 Å². The Hall–Kier alpha value is -1.40. The number of ether oxygens (including phenoxy) is 1. The van der Waals surface area contributed by atoms with Crippen molar-refractivity contribution in [1.29, 1.82) is 0 Å². The molecule has 0 radical (unpaired) electrons. The van der Waals surface area contributed by atoms with Crippen LogP contribution >= 0.6 is 0 Å². The van der Waals surface area contributed by atoms with Crippen molar-refractivity contribution in [2.75, 3.05) is 6.61 Å². The lowest BCUT2D eigenvalue weighted by Gasteiger charge is -2.24. The first-order valence-corrected chi connectivity index (χ1v) is 31.4. The molecule has 0 aromatic heterocycles. The second-order valence-corrected chi connectivity index (χ2v) is 21.8. The van der Waals surface area contributed by atoms with Gasteiger partial charge in [0, 0.05) is 6.42 Å². The number of unbranched alkanes of at least 4 members (excludes halogenated alkanes) is 44. The van der Waals surface area contributed by atoms with Crippen LogP contribution in [0.2, 0.25) is 0 Å². The van der Waals surface area contributed by atoms with Crippen LogP contribution in [0.25, 0.3) is 0 Å². The first-order chi connectivity index (χ1) is 34.0. The van der Waals surface area contributed by atoms with Crippen molar-refractivity contribution < 1.29 is 24.5 Å². The van der Waals surface area contributed by atoms with Gasteiger partial charge in [0.05, 0.1) is 25.2 Å². The van der Waals surface area contributed by atoms with Crippen LogP contribution in [0.15, 0.2) is 12.2 Å². The van der Waals surface area contributed by atoms with Crippen molar-refractivity contribution >= 4 is 11.9 Å². The molecule has 1 amide bonds. The van der Waals surface area contributed by atoms with Crippen LogP contribution in [-0.4, -0.2) is 46.9 Å². The number of hydrogen-bond donors (Lipinski definition) is 3. The first-order valence-electron chi connectivity index (χ1n) is 31.4. The molecule has 0 aliphatic heterocycles. The zero-order chi connectivity index (χ0) is 50.2. The normalized spacial score (nSPS) is 13.1. The van der Waals surface area contributed by atoms with Gasteiger partial charge in [-0.15, -0.1) is 0 Å². The molecular formula is C63H123NO5. The molecule has 0 aliphatic carbocycles. The predicted octanol–water partition coefficient (Wildman–Crippen LogP) is 19.6. The summed E-state index contributed by atoms with van der Waals surface area (Å²) in [6.07, 6.45) is 67.1. The van der Waals surface area contributed by atoms with E-state index in [4.69, 9.17) is 4.74 Å². The number of aliphatic hydroxyl groups is 2. The third kappa shape index (κ3) is 52.7. The number of esters is 1. The first kappa shape index (κ1) is 67.6. The van der Waals surface area contributed by atoms with Gasteiger partial charge in [-0.25, -0.2) is 0 Å². The molecule has 3 unspecified atom stereocenters. The summed E-state index contributed by atoms with van der Waals surface area (Å²) in [5, 5.41) is 24.0. The van der Waals surface area contributed by atoms with Crippen molar-refractivity contribution in [3.05, 3.63) is 12.2 Å². The lowest BCUT2D eigenvalue weighted by Crippen LogP contribution is -2.46. The average molecular weight is 975 g/mol. The van der Waals surface area contributed by atoms with Crippen LogP contribution in [0.3, 0.4) is 0 Å². The second kappa shape index (κ2) is 57.5. The van der Waals surface area contributed by atoms with Crippen LogP contribution in [0.4, 0.5) is 0 Å². The van der Waals surface area contributed by atoms with Gasteiger partial charge in [-0.2, -0.15) is 0 Å². The van der Waals surface area contributed by atoms with E-state index >= 15 is 0 Å². The Morgan fingerprint density at radius 3 is 1.03 bits per heavy atom. The molecule has 0 spiro atoms. The Kier molecular flexibility index (Phi) is 56.3. The second-order valence-electron chi connectivity index (χ2n) is 21.8. The number of carbonyl (C=O) groups is 2. The highest BCUT2D eigenvalue weighted by molar-refractivity contribution is 5.77. The lowest BCUT2D eigenvalue weighted by atomic mass is 10.0. The van der Waals surface area contributed by atoms with Crippen LogP contribution in [0.1, 0.15) is 355 Å². The van der Waals surface area contributed by atoms with E-state index in [2.05, 4.69) is 38.2 Å². The molecule has 69 heavy (non-hydrogen) atoms. The highest BCUT2D eigenvalue weighted by Gasteiger charge is 2.24. The van der Waals surface area contributed by atoms with E-state index in [0.29, 0.717) is 19.3 Å². The molecular weight excluding hydrogens is 851 g/mol. The molecule has 0 fully saturated rings. The number of allylic oxidation sites excluding steroid dienone is 2. The van der Waals surface area contributed by atoms with Crippen LogP contribution in [-0.2, 0) is 14.3 Å². The van der Waals surface area contributed by atoms with Crippen LogP contribution in [0.5, 0.6) is 0 Å². The summed E-state index contributed by atoms with van der Waals surface area (Å²) in [6.45, 7) is 6.54. The van der Waals surface area contributed by atoms with E-state index in [0.717, 1.165) is 51.4 Å². The molecule has 0 bridgehead atoms. The molecule has 3 N–H and O–H groups in total. The minimum atomic E-state index is -0.785. The molecule has 3 atom stereocenters. The topological polar surface area (TPSA) is 95.9 Å². The molecule has 0 saturated heterocycles. The van der Waals surface area contributed by atoms with Gasteiger partial charge in [0.1, 0.15) is 6.10 Å². The van der Waals surface area contributed by atoms with Crippen molar-refractivity contribution in [2.45, 2.75) is 373 Å². The SMILES string of the molecule is CCCCCCCC/C=C/CCCCCCCCCC(CC(=O)NC(CO)C(O)CCCCCCCCCCCCCCCCCCC)OC(=O)CCCCCCCCCCCCCCCCCC. The number of amides is 1. The standard InChI is InChI=1S/C63H123NO5/c1-4-7-10-13-16-19-22-25-28-31-33-36-39-42-45-48-51-54-59(69-63(68)56-53-50-47-44-41-38-35-30-27-24-21-18-15-12-9-6-3)57-62(67)64-60(58-65)61(66)55-52-49-46-43-40-37-34-32-29-26-23-20-17-14-11-8-5-2/h25,28,59-61,65-66H,4-24,26-27,29-58H2,1-3H3,(H,64,67)/b28-25+. The predicted molar refractivity (Wildman–Crippen MR) is 301 cm³/mol. The average Bonchev–Trinajstić information content (AvgIpc) is 3.34. The number of nitrogens with one attached hydrogen (secondary N) is 1. The number of carbonyl (C=O) groups excluding carboxylic acids is 2. The van der Waals surface area contributed by atoms with Crippen molar-refractivity contribution in [3.8, 4) is 0 Å². The van der Waals surface area contributed by atoms with Gasteiger partial charge in [0.15, 0.2) is 0 Å². The summed E-state index contributed by atoms with van der Waals surface area (Å²) in [7, 11) is 0. The van der Waals surface area contributed by atoms with Crippen molar-refractivity contribution in [1.82, 2.24) is 5.32 Å². The quantitative estimate of drug-likeness (QED) is 0.0321. The number of aliphatic hydroxyl groups excluding tert-OH is 2. The molecule has 6 nitrogen and oxygen atoms in total. The maximum atomic E-state index is 13.3. The third-order valence-electron chi connectivity index (χ3n) is 14.8. The smallest absolute Gasteiger partial charge is 0.306 e. The van der Waals surface area contributed by atoms with Crippen LogP contribution < -0.4 is 5.32 Å². The van der Waals surface area contributed by atoms with Gasteiger partial charge in [-0.1, -0.05) is 303 Å². The minimum Gasteiger partial charge on any atom is -0.462 e. The number of rotatable bonds is 58. The molecule has 6 heteroatoms. The Bertz CT molecular complexity index is 1050. The summed E-state index contributed by atoms with van der Waals surface area (Å²) in [4.78, 5) is 26.4. The molecule has 0 saturated carbocycles. The summed E-state index contributed by atoms with van der Waals surface area (Å²) >= 11 is 0. The Morgan fingerprint density at radius 2 is 0.696 bits per heavy atom. The van der Waals surface area contributed by atoms with E-state index < -0.39 is 18.2 Å². The largest absolute Gasteiger partial charge is 0.462 e. The van der Waals surface area contributed by atoms with E-state index in [1.807, 2.05) is 0 Å². The van der Waals surface area contributed by atoms with Crippen LogP contribution in [0, 0.1) is 0 Å². The fourth-order valence-electron chi connectivity index (χ4n) is 10.1. The highest BCUT2D eigenvalue weighted by Crippen LogP contribution is 2.19. The maximum absolute atomic E-state index is 13.3. The van der Waals surface area contributed by atoms with E-state index in [-0.39, 0.29) is 24.9 Å². The van der Waals surface area contributed by atoms with Gasteiger partial charge < -0.3 is 20.3 Å². The van der Waals surface area contributed by atoms with E-state index in [9.17, 15) is 19.8 Å². The zero-order valence-electron chi connectivity index (χ0n) is 47.0. The molecule has 0 aromatic carbocycles. The summed E-state index contributed by atoms with van der Waals surface area (Å²) < 4.78 is 5.99. The Morgan fingerprint density at radius 1 is 0.406 bits per heavy atom. The summed E-state index contributed by atoms with van der Waals surface area (Å²) in [5.74, 6) is -0.450. The fraction of sp³-hybridized carbons (Fsp3) is 0.937. The van der Waals surface area contributed by atoms with Gasteiger partial charge in [-0.3, -0.25) is 9.59 Å². The number of hydrogen-bond acceptors (Lipinski definition) is 5. The Labute approximate surface area is 431 Å². The van der Waals surface area contributed by atoms with E-state index in [1.165, 1.54) is 257 Å². The van der Waals surface area contributed by atoms with Gasteiger partial charge in [0.25, 0.3) is 0 Å². The van der Waals surface area contributed by atoms with Crippen molar-refractivity contribution in [3.63, 3.8) is 0 Å². The molecule has 0 heterocycles. The van der Waals surface area contributed by atoms with Gasteiger partial charge in [-0.05, 0) is 51.4 Å². The lowest BCUT2D eigenvalue weighted by molar-refractivity contribution is -0.151. The molecule has 0 aromatic rings. The van der Waals surface area contributed by atoms with Gasteiger partial charge >= 0.3 is 5.97 Å². The monoisotopic (exact) mass is 974 g/mol. The van der Waals surface area contributed by atoms with Gasteiger partial charge in [0.2, 0.25) is 5.91 Å². The molecule has 0 aliphatic rings. The maximum Gasteiger partial charge on any atom is 0.306 e. The third-order valence-corrected chi connectivity index (χ3v) is 14.8. The molecule has 410 valence electrons. The fourth-order valence-corrected chi connectivity index (χ4v) is 10.1. The summed E-state index contributed by atoms with van der Waals surface area (Å²) in [6, 6.07) is -0.698. The molecule has 0 rings (SSSR count). The summed E-state index contributed by atoms with van der Waals surface area (Å²) in [5.41, 5.74) is 0.